The van der Waals surface area contributed by atoms with Crippen LogP contribution < -0.4 is 10.0 Å². The minimum atomic E-state index is -4.10. The first kappa shape index (κ1) is 17.0. The number of aromatic nitrogens is 1. The van der Waals surface area contributed by atoms with E-state index in [-0.39, 0.29) is 34.4 Å². The topological polar surface area (TPSA) is 100 Å². The number of nitrogen functional groups attached to an aromatic ring is 1. The fourth-order valence-corrected chi connectivity index (χ4v) is 3.69. The lowest BCUT2D eigenvalue weighted by molar-refractivity contribution is 0.590. The van der Waals surface area contributed by atoms with E-state index in [2.05, 4.69) is 4.98 Å². The lowest BCUT2D eigenvalue weighted by Gasteiger charge is -2.24. The Morgan fingerprint density at radius 3 is 2.61 bits per heavy atom. The number of nitrogens with zero attached hydrogens (tertiary/aromatic N) is 3. The highest BCUT2D eigenvalue weighted by Gasteiger charge is 2.27. The zero-order valence-electron chi connectivity index (χ0n) is 11.8. The van der Waals surface area contributed by atoms with E-state index >= 15 is 0 Å². The summed E-state index contributed by atoms with van der Waals surface area (Å²) in [4.78, 5) is 3.46. The smallest absolute Gasteiger partial charge is 0.268 e. The van der Waals surface area contributed by atoms with Crippen LogP contribution in [-0.2, 0) is 10.0 Å². The number of hydrogen-bond donors (Lipinski definition) is 1. The summed E-state index contributed by atoms with van der Waals surface area (Å²) >= 11 is 5.80. The predicted octanol–water partition coefficient (Wildman–Crippen LogP) is 2.57. The molecule has 120 valence electrons. The zero-order valence-corrected chi connectivity index (χ0v) is 13.4. The van der Waals surface area contributed by atoms with Crippen LogP contribution in [0.15, 0.2) is 41.4 Å². The van der Waals surface area contributed by atoms with Gasteiger partial charge in [-0.2, -0.15) is 5.26 Å². The Morgan fingerprint density at radius 1 is 1.35 bits per heavy atom. The Kier molecular flexibility index (Phi) is 5.03. The van der Waals surface area contributed by atoms with Gasteiger partial charge in [0.2, 0.25) is 0 Å². The first-order valence-corrected chi connectivity index (χ1v) is 8.24. The molecule has 0 fully saturated rings. The number of pyridine rings is 1. The molecule has 2 rings (SSSR count). The molecule has 1 aromatic carbocycles. The van der Waals surface area contributed by atoms with Gasteiger partial charge in [-0.05, 0) is 30.3 Å². The quantitative estimate of drug-likeness (QED) is 0.889. The van der Waals surface area contributed by atoms with Crippen LogP contribution >= 0.6 is 11.6 Å². The molecule has 6 nitrogen and oxygen atoms in total. The molecule has 9 heteroatoms. The molecule has 23 heavy (non-hydrogen) atoms. The highest BCUT2D eigenvalue weighted by molar-refractivity contribution is 7.93. The fraction of sp³-hybridized carbons (Fsp3) is 0.143. The van der Waals surface area contributed by atoms with Gasteiger partial charge in [-0.3, -0.25) is 4.31 Å². The number of hydrogen-bond acceptors (Lipinski definition) is 5. The Labute approximate surface area is 138 Å². The number of anilines is 2. The molecule has 0 aliphatic rings. The zero-order chi connectivity index (χ0) is 17.0. The first-order chi connectivity index (χ1) is 10.9. The molecule has 0 amide bonds. The van der Waals surface area contributed by atoms with Gasteiger partial charge in [0.25, 0.3) is 10.0 Å². The molecule has 0 aliphatic heterocycles. The molecule has 0 saturated heterocycles. The summed E-state index contributed by atoms with van der Waals surface area (Å²) in [7, 11) is -4.10. The molecular formula is C14H12ClFN4O2S. The van der Waals surface area contributed by atoms with Crippen molar-refractivity contribution in [2.24, 2.45) is 0 Å². The van der Waals surface area contributed by atoms with Crippen LogP contribution in [0.3, 0.4) is 0 Å². The van der Waals surface area contributed by atoms with Crippen LogP contribution in [0, 0.1) is 17.1 Å². The van der Waals surface area contributed by atoms with E-state index in [0.717, 1.165) is 16.4 Å². The van der Waals surface area contributed by atoms with Crippen molar-refractivity contribution in [3.05, 3.63) is 47.4 Å². The van der Waals surface area contributed by atoms with E-state index in [9.17, 15) is 12.8 Å². The average molecular weight is 355 g/mol. The molecule has 0 aliphatic carbocycles. The van der Waals surface area contributed by atoms with Gasteiger partial charge in [-0.15, -0.1) is 0 Å². The van der Waals surface area contributed by atoms with E-state index in [1.807, 2.05) is 6.07 Å². The summed E-state index contributed by atoms with van der Waals surface area (Å²) < 4.78 is 39.7. The van der Waals surface area contributed by atoms with Gasteiger partial charge >= 0.3 is 0 Å². The molecule has 2 aromatic rings. The second kappa shape index (κ2) is 6.81. The van der Waals surface area contributed by atoms with Crippen molar-refractivity contribution in [3.63, 3.8) is 0 Å². The number of sulfonamides is 1. The van der Waals surface area contributed by atoms with E-state index in [4.69, 9.17) is 22.6 Å². The number of rotatable bonds is 5. The lowest BCUT2D eigenvalue weighted by Crippen LogP contribution is -2.32. The number of nitrogens with two attached hydrogens (primary N) is 1. The second-order valence-corrected chi connectivity index (χ2v) is 6.77. The number of nitriles is 1. The van der Waals surface area contributed by atoms with Crippen LogP contribution in [0.2, 0.25) is 5.02 Å². The maximum absolute atomic E-state index is 13.1. The van der Waals surface area contributed by atoms with Gasteiger partial charge in [0, 0.05) is 12.7 Å². The van der Waals surface area contributed by atoms with E-state index in [1.54, 1.807) is 0 Å². The van der Waals surface area contributed by atoms with Crippen molar-refractivity contribution in [3.8, 4) is 6.07 Å². The van der Waals surface area contributed by atoms with Crippen LogP contribution in [-0.4, -0.2) is 19.9 Å². The maximum atomic E-state index is 13.1. The van der Waals surface area contributed by atoms with E-state index in [1.165, 1.54) is 24.4 Å². The standard InChI is InChI=1S/C14H12ClFN4O2S/c15-10-8-13(14(18)19-9-10)23(21,22)20(7-1-6-17)12-4-2-11(16)3-5-12/h2-5,8-9H,1,7H2,(H2,18,19). The SMILES string of the molecule is N#CCCN(c1ccc(F)cc1)S(=O)(=O)c1cc(Cl)cnc1N. The molecule has 2 N–H and O–H groups in total. The molecular weight excluding hydrogens is 343 g/mol. The third kappa shape index (κ3) is 3.70. The average Bonchev–Trinajstić information content (AvgIpc) is 2.51. The van der Waals surface area contributed by atoms with Crippen molar-refractivity contribution in [2.45, 2.75) is 11.3 Å². The summed E-state index contributed by atoms with van der Waals surface area (Å²) in [5, 5.41) is 8.86. The lowest BCUT2D eigenvalue weighted by atomic mass is 10.3. The number of halogens is 2. The monoisotopic (exact) mass is 354 g/mol. The van der Waals surface area contributed by atoms with Crippen LogP contribution in [0.1, 0.15) is 6.42 Å². The largest absolute Gasteiger partial charge is 0.383 e. The Balaban J connectivity index is 2.55. The van der Waals surface area contributed by atoms with Crippen molar-refractivity contribution >= 4 is 33.1 Å². The molecule has 1 heterocycles. The molecule has 0 atom stereocenters. The van der Waals surface area contributed by atoms with E-state index < -0.39 is 15.8 Å². The molecule has 0 radical (unpaired) electrons. The van der Waals surface area contributed by atoms with Gasteiger partial charge < -0.3 is 5.73 Å². The normalized spacial score (nSPS) is 11.0. The Morgan fingerprint density at radius 2 is 2.00 bits per heavy atom. The molecule has 0 bridgehead atoms. The highest BCUT2D eigenvalue weighted by atomic mass is 35.5. The van der Waals surface area contributed by atoms with Crippen molar-refractivity contribution in [1.29, 1.82) is 5.26 Å². The Hall–Kier alpha value is -2.37. The summed E-state index contributed by atoms with van der Waals surface area (Å²) in [5.41, 5.74) is 5.85. The van der Waals surface area contributed by atoms with Gasteiger partial charge in [0.05, 0.1) is 23.2 Å². The van der Waals surface area contributed by atoms with Crippen molar-refractivity contribution in [1.82, 2.24) is 4.98 Å². The summed E-state index contributed by atoms with van der Waals surface area (Å²) in [6.45, 7) is -0.115. The van der Waals surface area contributed by atoms with Gasteiger partial charge in [0.15, 0.2) is 0 Å². The third-order valence-corrected chi connectivity index (χ3v) is 5.02. The van der Waals surface area contributed by atoms with Crippen molar-refractivity contribution < 1.29 is 12.8 Å². The van der Waals surface area contributed by atoms with Gasteiger partial charge in [-0.1, -0.05) is 11.6 Å². The molecule has 1 aromatic heterocycles. The summed E-state index contributed by atoms with van der Waals surface area (Å²) in [5.74, 6) is -0.714. The van der Waals surface area contributed by atoms with Crippen LogP contribution in [0.4, 0.5) is 15.9 Å². The minimum absolute atomic E-state index is 0.0511. The van der Waals surface area contributed by atoms with Crippen LogP contribution in [0.25, 0.3) is 0 Å². The fourth-order valence-electron chi connectivity index (χ4n) is 1.90. The maximum Gasteiger partial charge on any atom is 0.268 e. The molecule has 0 unspecified atom stereocenters. The predicted molar refractivity (Wildman–Crippen MR) is 84.8 cm³/mol. The minimum Gasteiger partial charge on any atom is -0.383 e. The van der Waals surface area contributed by atoms with E-state index in [0.29, 0.717) is 0 Å². The van der Waals surface area contributed by atoms with Gasteiger partial charge in [0.1, 0.15) is 16.5 Å². The van der Waals surface area contributed by atoms with Crippen molar-refractivity contribution in [2.75, 3.05) is 16.6 Å². The van der Waals surface area contributed by atoms with Gasteiger partial charge in [-0.25, -0.2) is 17.8 Å². The van der Waals surface area contributed by atoms with Crippen LogP contribution in [0.5, 0.6) is 0 Å². The number of benzene rings is 1. The highest BCUT2D eigenvalue weighted by Crippen LogP contribution is 2.28. The second-order valence-electron chi connectivity index (χ2n) is 4.50. The molecule has 0 saturated carbocycles. The summed E-state index contributed by atoms with van der Waals surface area (Å²) in [6.07, 6.45) is 1.18. The third-order valence-electron chi connectivity index (χ3n) is 2.96. The first-order valence-electron chi connectivity index (χ1n) is 6.42. The summed E-state index contributed by atoms with van der Waals surface area (Å²) in [6, 6.07) is 7.92. The molecule has 0 spiro atoms. The Bertz CT molecular complexity index is 850.